The minimum Gasteiger partial charge on any atom is -0.463 e. The van der Waals surface area contributed by atoms with E-state index in [9.17, 15) is 4.79 Å². The van der Waals surface area contributed by atoms with E-state index in [1.165, 1.54) is 37.7 Å². The highest BCUT2D eigenvalue weighted by molar-refractivity contribution is 6.32. The average molecular weight is 514 g/mol. The summed E-state index contributed by atoms with van der Waals surface area (Å²) in [5, 5.41) is 9.76. The van der Waals surface area contributed by atoms with E-state index in [2.05, 4.69) is 22.1 Å². The van der Waals surface area contributed by atoms with Gasteiger partial charge in [0.1, 0.15) is 17.5 Å². The summed E-state index contributed by atoms with van der Waals surface area (Å²) in [6, 6.07) is 6.25. The minimum atomic E-state index is -0.733. The van der Waals surface area contributed by atoms with E-state index in [4.69, 9.17) is 32.2 Å². The minimum absolute atomic E-state index is 0.138. The summed E-state index contributed by atoms with van der Waals surface area (Å²) < 4.78 is 6.13. The molecule has 2 fully saturated rings. The van der Waals surface area contributed by atoms with E-state index in [-0.39, 0.29) is 5.91 Å². The lowest BCUT2D eigenvalue weighted by Crippen LogP contribution is -2.41. The number of likely N-dealkylation sites (tertiary alicyclic amines) is 1. The molecule has 1 aliphatic carbocycles. The highest BCUT2D eigenvalue weighted by atomic mass is 35.5. The van der Waals surface area contributed by atoms with Gasteiger partial charge in [0.2, 0.25) is 5.88 Å². The summed E-state index contributed by atoms with van der Waals surface area (Å²) in [4.78, 5) is 25.7. The molecule has 1 saturated carbocycles. The Labute approximate surface area is 217 Å². The number of nitrogen functional groups attached to an aromatic ring is 1. The van der Waals surface area contributed by atoms with Crippen molar-refractivity contribution in [3.8, 4) is 5.88 Å². The van der Waals surface area contributed by atoms with Crippen molar-refractivity contribution in [1.82, 2.24) is 14.9 Å². The van der Waals surface area contributed by atoms with Crippen LogP contribution >= 0.6 is 11.6 Å². The van der Waals surface area contributed by atoms with Crippen molar-refractivity contribution in [3.05, 3.63) is 40.2 Å². The van der Waals surface area contributed by atoms with Crippen LogP contribution in [0.5, 0.6) is 5.88 Å². The van der Waals surface area contributed by atoms with Gasteiger partial charge in [0, 0.05) is 24.2 Å². The number of aliphatic imine (C=N–C) groups is 1. The molecule has 2 aliphatic heterocycles. The van der Waals surface area contributed by atoms with Crippen LogP contribution in [0.2, 0.25) is 5.02 Å². The molecular weight excluding hydrogens is 478 g/mol. The number of fused-ring (bicyclic) bond motifs is 1. The predicted molar refractivity (Wildman–Crippen MR) is 142 cm³/mol. The zero-order chi connectivity index (χ0) is 26.0. The largest absolute Gasteiger partial charge is 0.463 e. The maximum Gasteiger partial charge on any atom is 0.251 e. The molecule has 3 aliphatic rings. The molecule has 8 nitrogen and oxygen atoms in total. The summed E-state index contributed by atoms with van der Waals surface area (Å²) in [5.74, 6) is 1.75. The fraction of sp³-hybridized carbons (Fsp3) is 0.556. The molecule has 1 aromatic heterocycles. The highest BCUT2D eigenvalue weighted by Crippen LogP contribution is 2.41. The first-order valence-electron chi connectivity index (χ1n) is 12.7. The van der Waals surface area contributed by atoms with Gasteiger partial charge >= 0.3 is 0 Å². The lowest BCUT2D eigenvalue weighted by Gasteiger charge is -2.32. The van der Waals surface area contributed by atoms with E-state index < -0.39 is 11.7 Å². The molecule has 2 aromatic rings. The molecular formula is C27H36ClN5O3. The first kappa shape index (κ1) is 26.4. The number of benzene rings is 1. The van der Waals surface area contributed by atoms with Gasteiger partial charge < -0.3 is 20.5 Å². The van der Waals surface area contributed by atoms with Crippen LogP contribution in [0.1, 0.15) is 81.7 Å². The molecule has 1 atom stereocenters. The number of amides is 1. The Bertz CT molecular complexity index is 1150. The van der Waals surface area contributed by atoms with E-state index in [0.717, 1.165) is 29.3 Å². The quantitative estimate of drug-likeness (QED) is 0.586. The summed E-state index contributed by atoms with van der Waals surface area (Å²) in [6.45, 7) is 6.53. The van der Waals surface area contributed by atoms with Gasteiger partial charge in [-0.25, -0.2) is 9.98 Å². The standard InChI is InChI=1S/C21H25ClN4O.C6H11NO2/c1-12-24-19(23)17-20(25-12)27-21(2,3)18(26-17)14-9-10-15(16(22)11-14)13-7-5-4-6-8-13;1-7-4-2-3-5(8)6(7)9/h9-11,13H,4-8H2,1-3H3,(H2,23,24,25);5,8H,2-4H2,1H3. The topological polar surface area (TPSA) is 114 Å². The van der Waals surface area contributed by atoms with E-state index in [1.54, 1.807) is 18.9 Å². The molecule has 36 heavy (non-hydrogen) atoms. The Balaban J connectivity index is 0.000000286. The number of hydrogen-bond acceptors (Lipinski definition) is 7. The first-order chi connectivity index (χ1) is 17.1. The summed E-state index contributed by atoms with van der Waals surface area (Å²) >= 11 is 6.68. The van der Waals surface area contributed by atoms with Gasteiger partial charge in [0.05, 0.1) is 5.71 Å². The van der Waals surface area contributed by atoms with Crippen molar-refractivity contribution in [1.29, 1.82) is 0 Å². The monoisotopic (exact) mass is 513 g/mol. The Morgan fingerprint density at radius 1 is 1.14 bits per heavy atom. The molecule has 3 N–H and O–H groups in total. The number of rotatable bonds is 2. The van der Waals surface area contributed by atoms with E-state index in [1.807, 2.05) is 19.9 Å². The smallest absolute Gasteiger partial charge is 0.251 e. The maximum absolute atomic E-state index is 10.8. The molecule has 5 rings (SSSR count). The number of aromatic nitrogens is 2. The van der Waals surface area contributed by atoms with Crippen molar-refractivity contribution in [3.63, 3.8) is 0 Å². The van der Waals surface area contributed by atoms with Gasteiger partial charge in [-0.2, -0.15) is 4.98 Å². The first-order valence-corrected chi connectivity index (χ1v) is 13.1. The Morgan fingerprint density at radius 3 is 2.50 bits per heavy atom. The van der Waals surface area contributed by atoms with E-state index in [0.29, 0.717) is 35.5 Å². The lowest BCUT2D eigenvalue weighted by molar-refractivity contribution is -0.142. The van der Waals surface area contributed by atoms with Crippen LogP contribution in [0.15, 0.2) is 23.2 Å². The fourth-order valence-electron chi connectivity index (χ4n) is 5.12. The summed E-state index contributed by atoms with van der Waals surface area (Å²) in [6.07, 6.45) is 7.15. The molecule has 0 spiro atoms. The molecule has 1 amide bonds. The average Bonchev–Trinajstić information content (AvgIpc) is 2.82. The summed E-state index contributed by atoms with van der Waals surface area (Å²) in [7, 11) is 1.71. The van der Waals surface area contributed by atoms with Crippen molar-refractivity contribution in [2.45, 2.75) is 83.3 Å². The zero-order valence-electron chi connectivity index (χ0n) is 21.6. The fourth-order valence-corrected chi connectivity index (χ4v) is 5.45. The van der Waals surface area contributed by atoms with Gasteiger partial charge in [-0.05, 0) is 64.0 Å². The number of likely N-dealkylation sites (N-methyl/N-ethyl adjacent to an activating group) is 1. The molecule has 3 heterocycles. The van der Waals surface area contributed by atoms with Gasteiger partial charge in [-0.15, -0.1) is 0 Å². The van der Waals surface area contributed by atoms with Crippen molar-refractivity contribution in [2.24, 2.45) is 4.99 Å². The number of carbonyl (C=O) groups excluding carboxylic acids is 1. The van der Waals surface area contributed by atoms with Gasteiger partial charge in [-0.1, -0.05) is 43.0 Å². The lowest BCUT2D eigenvalue weighted by atomic mass is 9.83. The SMILES string of the molecule is CN1CCCC(O)C1=O.Cc1nc(N)c2c(n1)OC(C)(C)C(c1ccc(C3CCCCC3)c(Cl)c1)=N2. The van der Waals surface area contributed by atoms with Crippen LogP contribution in [-0.2, 0) is 4.79 Å². The normalized spacial score (nSPS) is 21.6. The second-order valence-electron chi connectivity index (χ2n) is 10.4. The Morgan fingerprint density at radius 2 is 1.86 bits per heavy atom. The second kappa shape index (κ2) is 10.7. The molecule has 194 valence electrons. The third-order valence-corrected chi connectivity index (χ3v) is 7.42. The van der Waals surface area contributed by atoms with Crippen molar-refractivity contribution >= 4 is 34.7 Å². The van der Waals surface area contributed by atoms with Crippen LogP contribution in [0.25, 0.3) is 0 Å². The number of aryl methyl sites for hydroxylation is 1. The number of piperidine rings is 1. The molecule has 1 aromatic carbocycles. The number of nitrogens with two attached hydrogens (primary N) is 1. The zero-order valence-corrected chi connectivity index (χ0v) is 22.3. The number of anilines is 1. The van der Waals surface area contributed by atoms with Crippen molar-refractivity contribution < 1.29 is 14.6 Å². The second-order valence-corrected chi connectivity index (χ2v) is 10.8. The van der Waals surface area contributed by atoms with Crippen LogP contribution in [0.4, 0.5) is 11.5 Å². The Kier molecular flexibility index (Phi) is 7.85. The number of aliphatic hydroxyl groups excluding tert-OH is 1. The van der Waals surface area contributed by atoms with Crippen molar-refractivity contribution in [2.75, 3.05) is 19.3 Å². The Hall–Kier alpha value is -2.71. The van der Waals surface area contributed by atoms with Crippen LogP contribution < -0.4 is 10.5 Å². The molecule has 0 radical (unpaired) electrons. The summed E-state index contributed by atoms with van der Waals surface area (Å²) in [5.41, 5.74) is 8.87. The van der Waals surface area contributed by atoms with Gasteiger partial charge in [-0.3, -0.25) is 4.79 Å². The molecule has 1 unspecified atom stereocenters. The van der Waals surface area contributed by atoms with Crippen LogP contribution in [0, 0.1) is 6.92 Å². The van der Waals surface area contributed by atoms with E-state index >= 15 is 0 Å². The van der Waals surface area contributed by atoms with Gasteiger partial charge in [0.15, 0.2) is 11.5 Å². The molecule has 1 saturated heterocycles. The third-order valence-electron chi connectivity index (χ3n) is 7.09. The number of ether oxygens (including phenoxy) is 1. The number of hydrogen-bond donors (Lipinski definition) is 2. The number of nitrogens with zero attached hydrogens (tertiary/aromatic N) is 4. The third kappa shape index (κ3) is 5.65. The number of carbonyl (C=O) groups is 1. The highest BCUT2D eigenvalue weighted by Gasteiger charge is 2.36. The maximum atomic E-state index is 10.8. The molecule has 9 heteroatoms. The van der Waals surface area contributed by atoms with Crippen LogP contribution in [-0.4, -0.2) is 56.9 Å². The number of halogens is 1. The van der Waals surface area contributed by atoms with Gasteiger partial charge in [0.25, 0.3) is 5.91 Å². The molecule has 0 bridgehead atoms. The predicted octanol–water partition coefficient (Wildman–Crippen LogP) is 4.96. The number of aliphatic hydroxyl groups is 1. The van der Waals surface area contributed by atoms with Crippen LogP contribution in [0.3, 0.4) is 0 Å².